The molecule has 0 saturated heterocycles. The number of nitrogens with zero attached hydrogens (tertiary/aromatic N) is 1. The SMILES string of the molecule is CCCCCCCCCC/C=C\CCCCCCCCCCCC(=O)OCC(O)COP(=O)(O)OCC[N+](C)(C)C. The van der Waals surface area contributed by atoms with Gasteiger partial charge in [-0.3, -0.25) is 13.8 Å². The van der Waals surface area contributed by atoms with E-state index in [0.29, 0.717) is 17.4 Å². The fourth-order valence-corrected chi connectivity index (χ4v) is 5.11. The lowest BCUT2D eigenvalue weighted by Crippen LogP contribution is -2.37. The van der Waals surface area contributed by atoms with Gasteiger partial charge >= 0.3 is 13.8 Å². The first kappa shape index (κ1) is 40.2. The molecule has 0 heterocycles. The molecule has 41 heavy (non-hydrogen) atoms. The van der Waals surface area contributed by atoms with Gasteiger partial charge in [0.15, 0.2) is 0 Å². The number of hydrogen-bond acceptors (Lipinski definition) is 6. The maximum atomic E-state index is 11.9. The lowest BCUT2D eigenvalue weighted by Gasteiger charge is -2.24. The summed E-state index contributed by atoms with van der Waals surface area (Å²) in [6, 6.07) is 0. The van der Waals surface area contributed by atoms with Gasteiger partial charge < -0.3 is 19.2 Å². The van der Waals surface area contributed by atoms with Crippen LogP contribution in [0.5, 0.6) is 0 Å². The quantitative estimate of drug-likeness (QED) is 0.0280. The highest BCUT2D eigenvalue weighted by atomic mass is 31.2. The fraction of sp³-hybridized carbons (Fsp3) is 0.906. The molecule has 244 valence electrons. The summed E-state index contributed by atoms with van der Waals surface area (Å²) < 4.78 is 27.1. The van der Waals surface area contributed by atoms with E-state index in [-0.39, 0.29) is 19.2 Å². The maximum Gasteiger partial charge on any atom is 0.472 e. The van der Waals surface area contributed by atoms with Crippen LogP contribution in [0.3, 0.4) is 0 Å². The highest BCUT2D eigenvalue weighted by Gasteiger charge is 2.24. The van der Waals surface area contributed by atoms with Crippen LogP contribution < -0.4 is 0 Å². The minimum Gasteiger partial charge on any atom is -0.463 e. The molecule has 2 unspecified atom stereocenters. The van der Waals surface area contributed by atoms with E-state index in [1.165, 1.54) is 103 Å². The number of phosphoric ester groups is 1. The van der Waals surface area contributed by atoms with Gasteiger partial charge in [-0.15, -0.1) is 0 Å². The van der Waals surface area contributed by atoms with E-state index in [9.17, 15) is 19.4 Å². The Morgan fingerprint density at radius 2 is 1.20 bits per heavy atom. The molecule has 0 saturated carbocycles. The molecule has 0 radical (unpaired) electrons. The summed E-state index contributed by atoms with van der Waals surface area (Å²) >= 11 is 0. The van der Waals surface area contributed by atoms with Crippen molar-refractivity contribution in [2.45, 2.75) is 141 Å². The number of hydrogen-bond donors (Lipinski definition) is 2. The van der Waals surface area contributed by atoms with Crippen molar-refractivity contribution in [3.63, 3.8) is 0 Å². The summed E-state index contributed by atoms with van der Waals surface area (Å²) in [5, 5.41) is 9.87. The molecular weight excluding hydrogens is 541 g/mol. The minimum absolute atomic E-state index is 0.0552. The number of likely N-dealkylation sites (N-methyl/N-ethyl adjacent to an activating group) is 1. The van der Waals surface area contributed by atoms with Gasteiger partial charge in [-0.25, -0.2) is 4.57 Å². The number of rotatable bonds is 30. The number of ether oxygens (including phenoxy) is 1. The monoisotopic (exact) mass is 606 g/mol. The summed E-state index contributed by atoms with van der Waals surface area (Å²) in [4.78, 5) is 21.5. The second-order valence-corrected chi connectivity index (χ2v) is 13.9. The Labute approximate surface area is 252 Å². The third kappa shape index (κ3) is 32.0. The molecule has 0 aliphatic heterocycles. The fourth-order valence-electron chi connectivity index (χ4n) is 4.36. The number of carbonyl (C=O) groups is 1. The van der Waals surface area contributed by atoms with Gasteiger partial charge in [0.1, 0.15) is 25.9 Å². The van der Waals surface area contributed by atoms with Crippen LogP contribution in [0.2, 0.25) is 0 Å². The zero-order valence-electron chi connectivity index (χ0n) is 27.0. The number of carbonyl (C=O) groups excluding carboxylic acids is 1. The van der Waals surface area contributed by atoms with Crippen LogP contribution >= 0.6 is 7.82 Å². The highest BCUT2D eigenvalue weighted by Crippen LogP contribution is 2.43. The molecular formula is C32H65NO7P+. The first-order valence-electron chi connectivity index (χ1n) is 16.5. The minimum atomic E-state index is -4.24. The topological polar surface area (TPSA) is 102 Å². The number of quaternary nitrogens is 1. The Bertz CT molecular complexity index is 681. The smallest absolute Gasteiger partial charge is 0.463 e. The first-order chi connectivity index (χ1) is 19.6. The molecule has 0 spiro atoms. The van der Waals surface area contributed by atoms with Crippen LogP contribution in [0.15, 0.2) is 12.2 Å². The van der Waals surface area contributed by atoms with Crippen molar-refractivity contribution in [1.29, 1.82) is 0 Å². The zero-order valence-corrected chi connectivity index (χ0v) is 27.9. The Morgan fingerprint density at radius 1 is 0.732 bits per heavy atom. The van der Waals surface area contributed by atoms with Gasteiger partial charge in [0.2, 0.25) is 0 Å². The van der Waals surface area contributed by atoms with Crippen molar-refractivity contribution in [1.82, 2.24) is 0 Å². The second-order valence-electron chi connectivity index (χ2n) is 12.4. The number of phosphoric acid groups is 1. The van der Waals surface area contributed by atoms with E-state index >= 15 is 0 Å². The molecule has 0 aliphatic carbocycles. The van der Waals surface area contributed by atoms with Crippen molar-refractivity contribution in [3.8, 4) is 0 Å². The molecule has 0 bridgehead atoms. The van der Waals surface area contributed by atoms with E-state index in [0.717, 1.165) is 19.3 Å². The molecule has 0 aromatic rings. The van der Waals surface area contributed by atoms with Gasteiger partial charge in [0, 0.05) is 6.42 Å². The van der Waals surface area contributed by atoms with Gasteiger partial charge in [0.05, 0.1) is 27.7 Å². The number of aliphatic hydroxyl groups excluding tert-OH is 1. The predicted molar refractivity (Wildman–Crippen MR) is 169 cm³/mol. The molecule has 0 aromatic carbocycles. The molecule has 0 amide bonds. The summed E-state index contributed by atoms with van der Waals surface area (Å²) in [6.45, 7) is 2.15. The first-order valence-corrected chi connectivity index (χ1v) is 18.0. The average Bonchev–Trinajstić information content (AvgIpc) is 2.90. The standard InChI is InChI=1S/C32H64NO7P/c1-5-6-7-8-9-10-11-12-13-14-15-16-17-18-19-20-21-22-23-24-25-26-32(35)38-29-31(34)30-40-41(36,37)39-28-27-33(2,3)4/h14-15,31,34H,5-13,16-30H2,1-4H3/p+1/b15-14-. The van der Waals surface area contributed by atoms with Crippen molar-refractivity contribution >= 4 is 13.8 Å². The molecule has 0 fully saturated rings. The number of aliphatic hydroxyl groups is 1. The van der Waals surface area contributed by atoms with Gasteiger partial charge in [-0.1, -0.05) is 109 Å². The van der Waals surface area contributed by atoms with Crippen LogP contribution in [-0.4, -0.2) is 74.1 Å². The van der Waals surface area contributed by atoms with Crippen molar-refractivity contribution in [2.24, 2.45) is 0 Å². The van der Waals surface area contributed by atoms with E-state index in [1.807, 2.05) is 21.1 Å². The Balaban J connectivity index is 3.47. The third-order valence-corrected chi connectivity index (χ3v) is 8.01. The van der Waals surface area contributed by atoms with Crippen LogP contribution in [0, 0.1) is 0 Å². The Hall–Kier alpha value is -0.760. The number of esters is 1. The lowest BCUT2D eigenvalue weighted by molar-refractivity contribution is -0.870. The van der Waals surface area contributed by atoms with E-state index < -0.39 is 20.5 Å². The molecule has 8 nitrogen and oxygen atoms in total. The summed E-state index contributed by atoms with van der Waals surface area (Å²) in [5.74, 6) is -0.373. The third-order valence-electron chi connectivity index (χ3n) is 7.03. The highest BCUT2D eigenvalue weighted by molar-refractivity contribution is 7.47. The van der Waals surface area contributed by atoms with E-state index in [2.05, 4.69) is 19.1 Å². The van der Waals surface area contributed by atoms with Crippen molar-refractivity contribution in [3.05, 3.63) is 12.2 Å². The largest absolute Gasteiger partial charge is 0.472 e. The van der Waals surface area contributed by atoms with Crippen LogP contribution in [0.25, 0.3) is 0 Å². The molecule has 0 aromatic heterocycles. The van der Waals surface area contributed by atoms with Crippen LogP contribution in [-0.2, 0) is 23.1 Å². The Kier molecular flexibility index (Phi) is 26.3. The summed E-state index contributed by atoms with van der Waals surface area (Å²) in [6.07, 6.45) is 27.9. The molecule has 9 heteroatoms. The summed E-state index contributed by atoms with van der Waals surface area (Å²) in [7, 11) is 1.56. The van der Waals surface area contributed by atoms with E-state index in [1.54, 1.807) is 0 Å². The summed E-state index contributed by atoms with van der Waals surface area (Å²) in [5.41, 5.74) is 0. The molecule has 0 rings (SSSR count). The van der Waals surface area contributed by atoms with Crippen LogP contribution in [0.4, 0.5) is 0 Å². The molecule has 2 atom stereocenters. The zero-order chi connectivity index (χ0) is 30.7. The maximum absolute atomic E-state index is 11.9. The van der Waals surface area contributed by atoms with Gasteiger partial charge in [-0.2, -0.15) is 0 Å². The van der Waals surface area contributed by atoms with Gasteiger partial charge in [0.25, 0.3) is 0 Å². The lowest BCUT2D eigenvalue weighted by atomic mass is 10.1. The molecule has 2 N–H and O–H groups in total. The Morgan fingerprint density at radius 3 is 1.68 bits per heavy atom. The van der Waals surface area contributed by atoms with Crippen molar-refractivity contribution < 1.29 is 37.6 Å². The van der Waals surface area contributed by atoms with E-state index in [4.69, 9.17) is 13.8 Å². The average molecular weight is 607 g/mol. The van der Waals surface area contributed by atoms with Gasteiger partial charge in [-0.05, 0) is 32.1 Å². The molecule has 0 aliphatic rings. The second kappa shape index (κ2) is 26.8. The predicted octanol–water partition coefficient (Wildman–Crippen LogP) is 8.11. The number of unbranched alkanes of at least 4 members (excludes halogenated alkanes) is 17. The normalized spacial score (nSPS) is 14.4. The van der Waals surface area contributed by atoms with Crippen LogP contribution in [0.1, 0.15) is 135 Å². The number of allylic oxidation sites excluding steroid dienone is 2. The van der Waals surface area contributed by atoms with Crippen molar-refractivity contribution in [2.75, 3.05) is 47.5 Å².